The summed E-state index contributed by atoms with van der Waals surface area (Å²) in [6.45, 7) is 6.16. The van der Waals surface area contributed by atoms with Crippen LogP contribution in [-0.2, 0) is 4.74 Å². The first-order chi connectivity index (χ1) is 4.58. The van der Waals surface area contributed by atoms with Crippen LogP contribution in [-0.4, -0.2) is 23.4 Å². The summed E-state index contributed by atoms with van der Waals surface area (Å²) in [4.78, 5) is 10.2. The van der Waals surface area contributed by atoms with Crippen molar-refractivity contribution >= 4 is 0 Å². The second-order valence-corrected chi connectivity index (χ2v) is 3.03. The Morgan fingerprint density at radius 1 is 1.70 bits per heavy atom. The van der Waals surface area contributed by atoms with E-state index in [1.165, 1.54) is 5.01 Å². The standard InChI is InChI=1S/C6H12N2O2/c1-5-4-10-6(2,3)8(5)7-9/h5H,4H2,1-3H3. The van der Waals surface area contributed by atoms with Crippen LogP contribution in [0.15, 0.2) is 5.29 Å². The maximum atomic E-state index is 10.2. The van der Waals surface area contributed by atoms with Crippen LogP contribution < -0.4 is 0 Å². The first-order valence-electron chi connectivity index (χ1n) is 3.34. The monoisotopic (exact) mass is 144 g/mol. The minimum absolute atomic E-state index is 0.104. The third-order valence-electron chi connectivity index (χ3n) is 1.73. The first-order valence-corrected chi connectivity index (χ1v) is 3.34. The van der Waals surface area contributed by atoms with Crippen molar-refractivity contribution in [3.63, 3.8) is 0 Å². The molecule has 1 atom stereocenters. The summed E-state index contributed by atoms with van der Waals surface area (Å²) < 4.78 is 5.29. The Balaban J connectivity index is 2.72. The molecular weight excluding hydrogens is 132 g/mol. The molecule has 0 bridgehead atoms. The van der Waals surface area contributed by atoms with Crippen molar-refractivity contribution < 1.29 is 4.74 Å². The highest BCUT2D eigenvalue weighted by Crippen LogP contribution is 2.26. The molecule has 0 N–H and O–H groups in total. The van der Waals surface area contributed by atoms with E-state index < -0.39 is 5.72 Å². The summed E-state index contributed by atoms with van der Waals surface area (Å²) in [5.41, 5.74) is -0.513. The van der Waals surface area contributed by atoms with Gasteiger partial charge in [-0.2, -0.15) is 0 Å². The van der Waals surface area contributed by atoms with Crippen molar-refractivity contribution in [2.75, 3.05) is 6.61 Å². The van der Waals surface area contributed by atoms with Crippen LogP contribution in [0.25, 0.3) is 0 Å². The highest BCUT2D eigenvalue weighted by atomic mass is 16.5. The van der Waals surface area contributed by atoms with Crippen molar-refractivity contribution in [2.24, 2.45) is 5.29 Å². The van der Waals surface area contributed by atoms with Gasteiger partial charge in [-0.1, -0.05) is 0 Å². The van der Waals surface area contributed by atoms with Crippen molar-refractivity contribution in [1.29, 1.82) is 0 Å². The van der Waals surface area contributed by atoms with Gasteiger partial charge >= 0.3 is 0 Å². The van der Waals surface area contributed by atoms with E-state index in [9.17, 15) is 4.91 Å². The quantitative estimate of drug-likeness (QED) is 0.518. The predicted octanol–water partition coefficient (Wildman–Crippen LogP) is 1.12. The molecule has 1 saturated heterocycles. The second kappa shape index (κ2) is 2.20. The summed E-state index contributed by atoms with van der Waals surface area (Å²) in [6, 6.07) is 0.104. The molecule has 10 heavy (non-hydrogen) atoms. The van der Waals surface area contributed by atoms with Gasteiger partial charge in [0.25, 0.3) is 0 Å². The van der Waals surface area contributed by atoms with E-state index in [0.717, 1.165) is 0 Å². The highest BCUT2D eigenvalue weighted by molar-refractivity contribution is 4.80. The van der Waals surface area contributed by atoms with Crippen molar-refractivity contribution in [3.05, 3.63) is 4.91 Å². The van der Waals surface area contributed by atoms with Gasteiger partial charge in [-0.25, -0.2) is 5.01 Å². The molecule has 1 heterocycles. The Hall–Kier alpha value is -0.640. The molecule has 1 rings (SSSR count). The Bertz CT molecular complexity index is 147. The molecule has 4 nitrogen and oxygen atoms in total. The Labute approximate surface area is 60.1 Å². The predicted molar refractivity (Wildman–Crippen MR) is 37.1 cm³/mol. The van der Waals surface area contributed by atoms with E-state index in [0.29, 0.717) is 6.61 Å². The number of hydrogen-bond donors (Lipinski definition) is 0. The van der Waals surface area contributed by atoms with Crippen molar-refractivity contribution in [2.45, 2.75) is 32.5 Å². The van der Waals surface area contributed by atoms with Gasteiger partial charge < -0.3 is 4.74 Å². The lowest BCUT2D eigenvalue weighted by atomic mass is 10.3. The molecular formula is C6H12N2O2. The maximum Gasteiger partial charge on any atom is 0.154 e. The molecule has 0 amide bonds. The zero-order chi connectivity index (χ0) is 7.78. The molecule has 0 radical (unpaired) electrons. The van der Waals surface area contributed by atoms with Gasteiger partial charge in [0.1, 0.15) is 0 Å². The lowest BCUT2D eigenvalue weighted by Gasteiger charge is -2.25. The van der Waals surface area contributed by atoms with Gasteiger partial charge in [-0.15, -0.1) is 4.91 Å². The zero-order valence-electron chi connectivity index (χ0n) is 6.50. The molecule has 0 saturated carbocycles. The maximum absolute atomic E-state index is 10.2. The largest absolute Gasteiger partial charge is 0.352 e. The second-order valence-electron chi connectivity index (χ2n) is 3.03. The molecule has 1 unspecified atom stereocenters. The van der Waals surface area contributed by atoms with E-state index in [-0.39, 0.29) is 6.04 Å². The van der Waals surface area contributed by atoms with Crippen LogP contribution >= 0.6 is 0 Å². The fourth-order valence-electron chi connectivity index (χ4n) is 1.17. The van der Waals surface area contributed by atoms with Crippen molar-refractivity contribution in [3.8, 4) is 0 Å². The van der Waals surface area contributed by atoms with Crippen LogP contribution in [0.4, 0.5) is 0 Å². The summed E-state index contributed by atoms with van der Waals surface area (Å²) in [6.07, 6.45) is 0. The highest BCUT2D eigenvalue weighted by Gasteiger charge is 2.38. The van der Waals surface area contributed by atoms with Gasteiger partial charge in [0.15, 0.2) is 5.72 Å². The zero-order valence-corrected chi connectivity index (χ0v) is 6.50. The van der Waals surface area contributed by atoms with E-state index in [4.69, 9.17) is 4.74 Å². The van der Waals surface area contributed by atoms with Gasteiger partial charge in [0.2, 0.25) is 0 Å². The lowest BCUT2D eigenvalue weighted by Crippen LogP contribution is -2.38. The van der Waals surface area contributed by atoms with Crippen LogP contribution in [0, 0.1) is 4.91 Å². The number of hydrogen-bond acceptors (Lipinski definition) is 3. The molecule has 4 heteroatoms. The summed E-state index contributed by atoms with van der Waals surface area (Å²) in [5, 5.41) is 4.32. The normalized spacial score (nSPS) is 30.7. The van der Waals surface area contributed by atoms with Gasteiger partial charge in [-0.3, -0.25) is 0 Å². The Morgan fingerprint density at radius 2 is 2.30 bits per heavy atom. The van der Waals surface area contributed by atoms with E-state index in [1.54, 1.807) is 0 Å². The third kappa shape index (κ3) is 0.988. The number of ether oxygens (including phenoxy) is 1. The number of nitrogens with zero attached hydrogens (tertiary/aromatic N) is 2. The van der Waals surface area contributed by atoms with Gasteiger partial charge in [0.05, 0.1) is 17.9 Å². The average Bonchev–Trinajstić information content (AvgIpc) is 2.07. The van der Waals surface area contributed by atoms with Crippen LogP contribution in [0.5, 0.6) is 0 Å². The van der Waals surface area contributed by atoms with E-state index >= 15 is 0 Å². The van der Waals surface area contributed by atoms with Crippen LogP contribution in [0.3, 0.4) is 0 Å². The lowest BCUT2D eigenvalue weighted by molar-refractivity contribution is -0.0529. The van der Waals surface area contributed by atoms with E-state index in [1.807, 2.05) is 20.8 Å². The summed E-state index contributed by atoms with van der Waals surface area (Å²) in [7, 11) is 0. The number of rotatable bonds is 1. The summed E-state index contributed by atoms with van der Waals surface area (Å²) in [5.74, 6) is 0. The molecule has 0 aromatic carbocycles. The Morgan fingerprint density at radius 3 is 2.50 bits per heavy atom. The molecule has 58 valence electrons. The molecule has 1 fully saturated rings. The van der Waals surface area contributed by atoms with Gasteiger partial charge in [0, 0.05) is 0 Å². The molecule has 0 aromatic rings. The molecule has 0 spiro atoms. The minimum Gasteiger partial charge on any atom is -0.352 e. The smallest absolute Gasteiger partial charge is 0.154 e. The van der Waals surface area contributed by atoms with E-state index in [2.05, 4.69) is 5.29 Å². The minimum atomic E-state index is -0.513. The van der Waals surface area contributed by atoms with Gasteiger partial charge in [-0.05, 0) is 20.8 Å². The summed E-state index contributed by atoms with van der Waals surface area (Å²) >= 11 is 0. The fraction of sp³-hybridized carbons (Fsp3) is 1.00. The fourth-order valence-corrected chi connectivity index (χ4v) is 1.17. The topological polar surface area (TPSA) is 41.9 Å². The molecule has 0 aromatic heterocycles. The first kappa shape index (κ1) is 7.47. The van der Waals surface area contributed by atoms with Crippen LogP contribution in [0.2, 0.25) is 0 Å². The molecule has 1 aliphatic rings. The SMILES string of the molecule is CC1COC(C)(C)N1N=O. The number of nitroso groups, excluding NO2 is 1. The molecule has 1 aliphatic heterocycles. The van der Waals surface area contributed by atoms with Crippen molar-refractivity contribution in [1.82, 2.24) is 5.01 Å². The van der Waals surface area contributed by atoms with Crippen LogP contribution in [0.1, 0.15) is 20.8 Å². The third-order valence-corrected chi connectivity index (χ3v) is 1.73. The molecule has 0 aliphatic carbocycles. The average molecular weight is 144 g/mol. The Kier molecular flexibility index (Phi) is 1.64.